The van der Waals surface area contributed by atoms with Crippen molar-refractivity contribution in [2.24, 2.45) is 0 Å². The lowest BCUT2D eigenvalue weighted by Crippen LogP contribution is -1.86. The topological polar surface area (TPSA) is 47.4 Å². The monoisotopic (exact) mass is 281 g/mol. The Labute approximate surface area is 114 Å². The molecule has 0 unspecified atom stereocenters. The van der Waals surface area contributed by atoms with Gasteiger partial charge in [-0.15, -0.1) is 0 Å². The van der Waals surface area contributed by atoms with Crippen molar-refractivity contribution in [1.29, 1.82) is 0 Å². The number of hydrogen-bond acceptors (Lipinski definition) is 3. The molecule has 0 aliphatic rings. The fourth-order valence-corrected chi connectivity index (χ4v) is 1.80. The zero-order valence-corrected chi connectivity index (χ0v) is 11.3. The molecule has 2 aromatic rings. The quantitative estimate of drug-likeness (QED) is 0.687. The van der Waals surface area contributed by atoms with Crippen molar-refractivity contribution in [3.8, 4) is 0 Å². The highest BCUT2D eigenvalue weighted by atomic mass is 32.1. The fraction of sp³-hybridized carbons (Fsp3) is 0. The second kappa shape index (κ2) is 7.05. The van der Waals surface area contributed by atoms with Crippen LogP contribution >= 0.6 is 36.7 Å². The molecule has 0 bridgehead atoms. The van der Waals surface area contributed by atoms with Gasteiger partial charge in [-0.05, 0) is 42.2 Å². The van der Waals surface area contributed by atoms with E-state index in [4.69, 9.17) is 36.7 Å². The molecule has 0 radical (unpaired) electrons. The third-order valence-corrected chi connectivity index (χ3v) is 2.33. The highest BCUT2D eigenvalue weighted by Gasteiger charge is 1.76. The zero-order valence-electron chi connectivity index (χ0n) is 8.90. The molecule has 2 rings (SSSR count). The van der Waals surface area contributed by atoms with Gasteiger partial charge in [0.25, 0.3) is 0 Å². The minimum Gasteiger partial charge on any atom is -0.309 e. The lowest BCUT2D eigenvalue weighted by Gasteiger charge is -1.85. The molecule has 0 aliphatic carbocycles. The molecule has 0 atom stereocenters. The van der Waals surface area contributed by atoms with Crippen LogP contribution < -0.4 is 0 Å². The molecule has 0 fully saturated rings. The second-order valence-electron chi connectivity index (χ2n) is 2.98. The van der Waals surface area contributed by atoms with Crippen LogP contribution in [0.5, 0.6) is 0 Å². The Morgan fingerprint density at radius 2 is 1.24 bits per heavy atom. The first-order valence-corrected chi connectivity index (χ1v) is 5.94. The molecule has 0 aliphatic heterocycles. The molecule has 3 nitrogen and oxygen atoms in total. The summed E-state index contributed by atoms with van der Waals surface area (Å²) < 4.78 is 1.34. The Morgan fingerprint density at radius 1 is 0.824 bits per heavy atom. The predicted octanol–water partition coefficient (Wildman–Crippen LogP) is 4.19. The van der Waals surface area contributed by atoms with Crippen LogP contribution in [0.2, 0.25) is 0 Å². The SMILES string of the molecule is C=Cc1ccccc1.S=c1[nH]c(=S)[nH]c(=S)[nH]1. The predicted molar refractivity (Wildman–Crippen MR) is 78.5 cm³/mol. The smallest absolute Gasteiger partial charge is 0.178 e. The summed E-state index contributed by atoms with van der Waals surface area (Å²) in [5.41, 5.74) is 1.17. The summed E-state index contributed by atoms with van der Waals surface area (Å²) in [7, 11) is 0. The summed E-state index contributed by atoms with van der Waals surface area (Å²) in [6, 6.07) is 10.0. The maximum absolute atomic E-state index is 4.72. The van der Waals surface area contributed by atoms with E-state index in [-0.39, 0.29) is 0 Å². The van der Waals surface area contributed by atoms with E-state index in [0.717, 1.165) is 0 Å². The lowest BCUT2D eigenvalue weighted by molar-refractivity contribution is 0.983. The maximum atomic E-state index is 4.72. The van der Waals surface area contributed by atoms with Gasteiger partial charge in [-0.1, -0.05) is 43.0 Å². The maximum Gasteiger partial charge on any atom is 0.178 e. The Balaban J connectivity index is 0.000000171. The summed E-state index contributed by atoms with van der Waals surface area (Å²) in [5.74, 6) is 0. The van der Waals surface area contributed by atoms with Crippen LogP contribution in [0.4, 0.5) is 0 Å². The van der Waals surface area contributed by atoms with E-state index in [9.17, 15) is 0 Å². The minimum absolute atomic E-state index is 0.448. The number of H-pyrrole nitrogens is 3. The first-order valence-electron chi connectivity index (χ1n) is 4.72. The van der Waals surface area contributed by atoms with Crippen molar-refractivity contribution in [2.45, 2.75) is 0 Å². The molecule has 3 N–H and O–H groups in total. The van der Waals surface area contributed by atoms with Gasteiger partial charge < -0.3 is 15.0 Å². The molecular formula is C11H11N3S3. The molecule has 0 spiro atoms. The molecule has 0 saturated carbocycles. The first kappa shape index (κ1) is 13.7. The van der Waals surface area contributed by atoms with Gasteiger partial charge >= 0.3 is 0 Å². The van der Waals surface area contributed by atoms with E-state index >= 15 is 0 Å². The summed E-state index contributed by atoms with van der Waals surface area (Å²) in [6.07, 6.45) is 1.83. The first-order chi connectivity index (χ1) is 8.11. The minimum atomic E-state index is 0.448. The molecule has 1 heterocycles. The Bertz CT molecular complexity index is 559. The molecule has 0 saturated heterocycles. The Kier molecular flexibility index (Phi) is 5.68. The van der Waals surface area contributed by atoms with Gasteiger partial charge in [-0.2, -0.15) is 0 Å². The van der Waals surface area contributed by atoms with Gasteiger partial charge in [0, 0.05) is 0 Å². The zero-order chi connectivity index (χ0) is 12.7. The fourth-order valence-electron chi connectivity index (χ4n) is 0.992. The molecule has 6 heteroatoms. The largest absolute Gasteiger partial charge is 0.309 e. The van der Waals surface area contributed by atoms with E-state index in [1.54, 1.807) is 0 Å². The standard InChI is InChI=1S/C8H8.C3H3N3S3/c1-2-8-6-4-3-5-7-8;7-1-4-2(8)6-3(9)5-1/h2-7H,1H2;(H3,4,5,6,7,8,9). The van der Waals surface area contributed by atoms with E-state index in [0.29, 0.717) is 14.3 Å². The van der Waals surface area contributed by atoms with E-state index < -0.39 is 0 Å². The van der Waals surface area contributed by atoms with Gasteiger partial charge in [-0.25, -0.2) is 0 Å². The lowest BCUT2D eigenvalue weighted by atomic mass is 10.2. The van der Waals surface area contributed by atoms with Crippen LogP contribution in [0.1, 0.15) is 5.56 Å². The van der Waals surface area contributed by atoms with Crippen LogP contribution in [0.25, 0.3) is 6.08 Å². The number of nitrogens with one attached hydrogen (secondary N) is 3. The van der Waals surface area contributed by atoms with Gasteiger partial charge in [-0.3, -0.25) is 0 Å². The van der Waals surface area contributed by atoms with Crippen molar-refractivity contribution in [3.05, 3.63) is 56.8 Å². The van der Waals surface area contributed by atoms with Crippen molar-refractivity contribution >= 4 is 42.7 Å². The average Bonchev–Trinajstić information content (AvgIpc) is 2.29. The molecule has 1 aromatic carbocycles. The molecule has 1 aromatic heterocycles. The third-order valence-electron chi connectivity index (χ3n) is 1.72. The van der Waals surface area contributed by atoms with Crippen molar-refractivity contribution < 1.29 is 0 Å². The van der Waals surface area contributed by atoms with E-state index in [1.165, 1.54) is 5.56 Å². The number of rotatable bonds is 1. The number of benzene rings is 1. The molecular weight excluding hydrogens is 270 g/mol. The van der Waals surface area contributed by atoms with Crippen LogP contribution in [0.15, 0.2) is 36.9 Å². The average molecular weight is 281 g/mol. The summed E-state index contributed by atoms with van der Waals surface area (Å²) in [5, 5.41) is 0. The second-order valence-corrected chi connectivity index (χ2v) is 4.20. The van der Waals surface area contributed by atoms with Crippen LogP contribution in [-0.2, 0) is 0 Å². The third kappa shape index (κ3) is 5.48. The number of aromatic nitrogens is 3. The van der Waals surface area contributed by atoms with Gasteiger partial charge in [0.2, 0.25) is 0 Å². The van der Waals surface area contributed by atoms with Crippen molar-refractivity contribution in [2.75, 3.05) is 0 Å². The number of hydrogen-bond donors (Lipinski definition) is 3. The highest BCUT2D eigenvalue weighted by Crippen LogP contribution is 1.97. The normalized spacial score (nSPS) is 8.94. The van der Waals surface area contributed by atoms with Crippen LogP contribution in [0.3, 0.4) is 0 Å². The summed E-state index contributed by atoms with van der Waals surface area (Å²) in [4.78, 5) is 7.99. The van der Waals surface area contributed by atoms with Gasteiger partial charge in [0.05, 0.1) is 0 Å². The van der Waals surface area contributed by atoms with Gasteiger partial charge in [0.15, 0.2) is 14.3 Å². The molecule has 88 valence electrons. The van der Waals surface area contributed by atoms with E-state index in [1.807, 2.05) is 36.4 Å². The molecule has 17 heavy (non-hydrogen) atoms. The number of aromatic amines is 3. The van der Waals surface area contributed by atoms with Crippen LogP contribution in [-0.4, -0.2) is 15.0 Å². The summed E-state index contributed by atoms with van der Waals surface area (Å²) >= 11 is 14.2. The van der Waals surface area contributed by atoms with Crippen LogP contribution in [0, 0.1) is 14.3 Å². The van der Waals surface area contributed by atoms with Gasteiger partial charge in [0.1, 0.15) is 0 Å². The summed E-state index contributed by atoms with van der Waals surface area (Å²) in [6.45, 7) is 3.63. The van der Waals surface area contributed by atoms with Crippen molar-refractivity contribution in [3.63, 3.8) is 0 Å². The van der Waals surface area contributed by atoms with E-state index in [2.05, 4.69) is 21.5 Å². The Hall–Kier alpha value is -1.37. The molecule has 0 amide bonds. The Morgan fingerprint density at radius 3 is 1.53 bits per heavy atom. The van der Waals surface area contributed by atoms with Crippen molar-refractivity contribution in [1.82, 2.24) is 15.0 Å². The highest BCUT2D eigenvalue weighted by molar-refractivity contribution is 7.72.